The van der Waals surface area contributed by atoms with Gasteiger partial charge in [-0.25, -0.2) is 0 Å². The molecular weight excluding hydrogens is 352 g/mol. The van der Waals surface area contributed by atoms with E-state index >= 15 is 0 Å². The normalized spacial score (nSPS) is 10.3. The quantitative estimate of drug-likeness (QED) is 0.579. The molecule has 2 aromatic rings. The molecule has 0 bridgehead atoms. The maximum atomic E-state index is 11.7. The van der Waals surface area contributed by atoms with Crippen molar-refractivity contribution in [3.05, 3.63) is 51.7 Å². The number of aryl methyl sites for hydroxylation is 1. The first-order valence-corrected chi connectivity index (χ1v) is 9.36. The molecular formula is C16H17ClN2O2S2. The van der Waals surface area contributed by atoms with Gasteiger partial charge < -0.3 is 0 Å². The molecule has 0 spiro atoms. The summed E-state index contributed by atoms with van der Waals surface area (Å²) >= 11 is 8.87. The second kappa shape index (κ2) is 9.60. The van der Waals surface area contributed by atoms with Crippen molar-refractivity contribution < 1.29 is 9.59 Å². The summed E-state index contributed by atoms with van der Waals surface area (Å²) in [6, 6.07) is 11.3. The van der Waals surface area contributed by atoms with Gasteiger partial charge in [-0.15, -0.1) is 23.1 Å². The topological polar surface area (TPSA) is 58.2 Å². The van der Waals surface area contributed by atoms with E-state index in [0.29, 0.717) is 11.4 Å². The fourth-order valence-electron chi connectivity index (χ4n) is 1.80. The monoisotopic (exact) mass is 368 g/mol. The highest BCUT2D eigenvalue weighted by Gasteiger charge is 2.06. The van der Waals surface area contributed by atoms with E-state index in [0.717, 1.165) is 17.7 Å². The minimum atomic E-state index is -0.239. The third-order valence-electron chi connectivity index (χ3n) is 2.93. The summed E-state index contributed by atoms with van der Waals surface area (Å²) in [5.74, 6) is -0.181. The van der Waals surface area contributed by atoms with Crippen molar-refractivity contribution in [1.29, 1.82) is 0 Å². The summed E-state index contributed by atoms with van der Waals surface area (Å²) in [4.78, 5) is 25.5. The zero-order valence-corrected chi connectivity index (χ0v) is 14.8. The lowest BCUT2D eigenvalue weighted by Crippen LogP contribution is -2.42. The summed E-state index contributed by atoms with van der Waals surface area (Å²) in [5.41, 5.74) is 4.86. The molecule has 0 radical (unpaired) electrons. The predicted octanol–water partition coefficient (Wildman–Crippen LogP) is 3.66. The van der Waals surface area contributed by atoms with Gasteiger partial charge >= 0.3 is 0 Å². The van der Waals surface area contributed by atoms with Gasteiger partial charge in [-0.05, 0) is 48.6 Å². The van der Waals surface area contributed by atoms with Crippen LogP contribution in [0.1, 0.15) is 17.7 Å². The number of thiophene rings is 1. The van der Waals surface area contributed by atoms with Crippen LogP contribution in [0.4, 0.5) is 0 Å². The Balaban J connectivity index is 1.58. The lowest BCUT2D eigenvalue weighted by atomic mass is 10.2. The van der Waals surface area contributed by atoms with Gasteiger partial charge in [0.25, 0.3) is 0 Å². The molecule has 0 aliphatic carbocycles. The summed E-state index contributed by atoms with van der Waals surface area (Å²) in [7, 11) is 0. The largest absolute Gasteiger partial charge is 0.273 e. The molecule has 0 atom stereocenters. The lowest BCUT2D eigenvalue weighted by molar-refractivity contribution is -0.127. The number of benzene rings is 1. The summed E-state index contributed by atoms with van der Waals surface area (Å²) < 4.78 is 0. The molecule has 7 heteroatoms. The van der Waals surface area contributed by atoms with Crippen LogP contribution in [0.5, 0.6) is 0 Å². The molecule has 2 amide bonds. The minimum Gasteiger partial charge on any atom is -0.273 e. The van der Waals surface area contributed by atoms with Crippen LogP contribution < -0.4 is 10.9 Å². The van der Waals surface area contributed by atoms with Crippen LogP contribution in [-0.2, 0) is 16.0 Å². The SMILES string of the molecule is O=C(CCCc1cccs1)NNC(=O)CSc1ccc(Cl)cc1. The molecule has 1 aromatic heterocycles. The Kier molecular flexibility index (Phi) is 7.45. The molecule has 0 unspecified atom stereocenters. The van der Waals surface area contributed by atoms with Crippen LogP contribution in [0.3, 0.4) is 0 Å². The van der Waals surface area contributed by atoms with Gasteiger partial charge in [0, 0.05) is 21.2 Å². The Hall–Kier alpha value is -1.50. The van der Waals surface area contributed by atoms with Crippen molar-refractivity contribution in [3.63, 3.8) is 0 Å². The average Bonchev–Trinajstić information content (AvgIpc) is 3.06. The fourth-order valence-corrected chi connectivity index (χ4v) is 3.37. The first kappa shape index (κ1) is 17.8. The minimum absolute atomic E-state index is 0.175. The number of rotatable bonds is 7. The van der Waals surface area contributed by atoms with Gasteiger partial charge in [-0.3, -0.25) is 20.4 Å². The van der Waals surface area contributed by atoms with E-state index in [1.165, 1.54) is 16.6 Å². The van der Waals surface area contributed by atoms with Gasteiger partial charge in [-0.2, -0.15) is 0 Å². The van der Waals surface area contributed by atoms with E-state index < -0.39 is 0 Å². The Morgan fingerprint density at radius 3 is 2.52 bits per heavy atom. The fraction of sp³-hybridized carbons (Fsp3) is 0.250. The van der Waals surface area contributed by atoms with E-state index in [-0.39, 0.29) is 17.6 Å². The van der Waals surface area contributed by atoms with Crippen LogP contribution in [0.15, 0.2) is 46.7 Å². The Morgan fingerprint density at radius 2 is 1.83 bits per heavy atom. The maximum Gasteiger partial charge on any atom is 0.248 e. The van der Waals surface area contributed by atoms with Gasteiger partial charge in [0.05, 0.1) is 5.75 Å². The van der Waals surface area contributed by atoms with Crippen molar-refractivity contribution in [2.45, 2.75) is 24.2 Å². The smallest absolute Gasteiger partial charge is 0.248 e. The van der Waals surface area contributed by atoms with Gasteiger partial charge in [0.2, 0.25) is 11.8 Å². The van der Waals surface area contributed by atoms with Crippen molar-refractivity contribution in [2.75, 3.05) is 5.75 Å². The number of halogens is 1. The molecule has 0 fully saturated rings. The standard InChI is InChI=1S/C16H17ClN2O2S2/c17-12-6-8-14(9-7-12)23-11-16(21)19-18-15(20)5-1-3-13-4-2-10-22-13/h2,4,6-10H,1,3,5,11H2,(H,18,20)(H,19,21). The number of hydrazine groups is 1. The number of hydrogen-bond acceptors (Lipinski definition) is 4. The second-order valence-corrected chi connectivity index (χ2v) is 7.29. The van der Waals surface area contributed by atoms with Crippen molar-refractivity contribution in [1.82, 2.24) is 10.9 Å². The number of hydrogen-bond donors (Lipinski definition) is 2. The van der Waals surface area contributed by atoms with Crippen LogP contribution in [-0.4, -0.2) is 17.6 Å². The maximum absolute atomic E-state index is 11.7. The van der Waals surface area contributed by atoms with E-state index in [1.807, 2.05) is 23.6 Å². The summed E-state index contributed by atoms with van der Waals surface area (Å²) in [6.45, 7) is 0. The predicted molar refractivity (Wildman–Crippen MR) is 95.7 cm³/mol. The molecule has 23 heavy (non-hydrogen) atoms. The first-order valence-electron chi connectivity index (χ1n) is 7.12. The number of thioether (sulfide) groups is 1. The molecule has 0 aliphatic rings. The summed E-state index contributed by atoms with van der Waals surface area (Å²) in [6.07, 6.45) is 2.04. The molecule has 0 aliphatic heterocycles. The van der Waals surface area contributed by atoms with Crippen LogP contribution in [0, 0.1) is 0 Å². The Morgan fingerprint density at radius 1 is 1.09 bits per heavy atom. The highest BCUT2D eigenvalue weighted by molar-refractivity contribution is 8.00. The molecule has 0 saturated carbocycles. The molecule has 0 saturated heterocycles. The molecule has 1 aromatic carbocycles. The third-order valence-corrected chi connectivity index (χ3v) is 5.13. The third kappa shape index (κ3) is 7.07. The van der Waals surface area contributed by atoms with Gasteiger partial charge in [0.1, 0.15) is 0 Å². The van der Waals surface area contributed by atoms with Crippen molar-refractivity contribution >= 4 is 46.5 Å². The van der Waals surface area contributed by atoms with E-state index in [1.54, 1.807) is 23.5 Å². The highest BCUT2D eigenvalue weighted by Crippen LogP contribution is 2.19. The Bertz CT molecular complexity index is 630. The van der Waals surface area contributed by atoms with Gasteiger partial charge in [0.15, 0.2) is 0 Å². The van der Waals surface area contributed by atoms with Crippen LogP contribution in [0.25, 0.3) is 0 Å². The molecule has 1 heterocycles. The first-order chi connectivity index (χ1) is 11.1. The van der Waals surface area contributed by atoms with E-state index in [4.69, 9.17) is 11.6 Å². The number of carbonyl (C=O) groups is 2. The van der Waals surface area contributed by atoms with Crippen LogP contribution >= 0.6 is 34.7 Å². The highest BCUT2D eigenvalue weighted by atomic mass is 35.5. The zero-order valence-electron chi connectivity index (χ0n) is 12.4. The number of nitrogens with one attached hydrogen (secondary N) is 2. The van der Waals surface area contributed by atoms with Crippen LogP contribution in [0.2, 0.25) is 5.02 Å². The Labute approximate surface area is 148 Å². The number of carbonyl (C=O) groups excluding carboxylic acids is 2. The van der Waals surface area contributed by atoms with E-state index in [2.05, 4.69) is 16.9 Å². The van der Waals surface area contributed by atoms with Crippen molar-refractivity contribution in [3.8, 4) is 0 Å². The number of amides is 2. The average molecular weight is 369 g/mol. The van der Waals surface area contributed by atoms with Gasteiger partial charge in [-0.1, -0.05) is 17.7 Å². The molecule has 122 valence electrons. The second-order valence-electron chi connectivity index (χ2n) is 4.77. The lowest BCUT2D eigenvalue weighted by Gasteiger charge is -2.07. The van der Waals surface area contributed by atoms with Crippen molar-refractivity contribution in [2.24, 2.45) is 0 Å². The zero-order chi connectivity index (χ0) is 16.5. The molecule has 2 N–H and O–H groups in total. The summed E-state index contributed by atoms with van der Waals surface area (Å²) in [5, 5.41) is 2.68. The molecule has 4 nitrogen and oxygen atoms in total. The van der Waals surface area contributed by atoms with E-state index in [9.17, 15) is 9.59 Å². The molecule has 2 rings (SSSR count).